The highest BCUT2D eigenvalue weighted by molar-refractivity contribution is 6.03. The second-order valence-electron chi connectivity index (χ2n) is 13.1. The highest BCUT2D eigenvalue weighted by Crippen LogP contribution is 2.41. The van der Waals surface area contributed by atoms with Crippen LogP contribution in [-0.2, 0) is 36.8 Å². The molecule has 3 rings (SSSR count). The number of carbonyl (C=O) groups excluding carboxylic acids is 3. The highest BCUT2D eigenvalue weighted by Gasteiger charge is 2.41. The molecule has 0 bridgehead atoms. The summed E-state index contributed by atoms with van der Waals surface area (Å²) >= 11 is 0. The number of aryl methyl sites for hydroxylation is 1. The van der Waals surface area contributed by atoms with Crippen LogP contribution in [0.2, 0.25) is 0 Å². The van der Waals surface area contributed by atoms with E-state index in [1.54, 1.807) is 27.7 Å². The molecule has 0 fully saturated rings. The number of rotatable bonds is 7. The summed E-state index contributed by atoms with van der Waals surface area (Å²) in [6.45, 7) is 8.88. The van der Waals surface area contributed by atoms with Crippen LogP contribution in [0.25, 0.3) is 11.1 Å². The smallest absolute Gasteiger partial charge is 0.416 e. The van der Waals surface area contributed by atoms with Crippen molar-refractivity contribution in [3.63, 3.8) is 0 Å². The molecule has 0 aliphatic heterocycles. The van der Waals surface area contributed by atoms with Crippen molar-refractivity contribution in [1.82, 2.24) is 10.3 Å². The Hall–Kier alpha value is -5.13. The zero-order valence-electron chi connectivity index (χ0n) is 29.0. The van der Waals surface area contributed by atoms with Crippen LogP contribution in [0.15, 0.2) is 48.7 Å². The lowest BCUT2D eigenvalue weighted by molar-refractivity contribution is -0.144. The first kappa shape index (κ1) is 40.3. The van der Waals surface area contributed by atoms with E-state index >= 15 is 0 Å². The van der Waals surface area contributed by atoms with Gasteiger partial charge >= 0.3 is 24.4 Å². The van der Waals surface area contributed by atoms with Crippen LogP contribution in [0.5, 0.6) is 0 Å². The van der Waals surface area contributed by atoms with Gasteiger partial charge in [0.05, 0.1) is 35.5 Å². The molecular weight excluding hydrogens is 687 g/mol. The van der Waals surface area contributed by atoms with E-state index in [2.05, 4.69) is 22.1 Å². The summed E-state index contributed by atoms with van der Waals surface area (Å²) in [5, 5.41) is 2.38. The molecule has 1 atom stereocenters. The molecule has 2 amide bonds. The maximum atomic E-state index is 14.1. The van der Waals surface area contributed by atoms with Gasteiger partial charge in [0.2, 0.25) is 5.91 Å². The number of hydrogen-bond donors (Lipinski definition) is 1. The number of benzene rings is 2. The van der Waals surface area contributed by atoms with Crippen LogP contribution in [0, 0.1) is 24.6 Å². The number of alkyl carbamates (subject to hydrolysis) is 1. The van der Waals surface area contributed by atoms with Gasteiger partial charge in [0.15, 0.2) is 0 Å². The zero-order chi connectivity index (χ0) is 38.7. The Labute approximate surface area is 290 Å². The van der Waals surface area contributed by atoms with Gasteiger partial charge < -0.3 is 19.7 Å². The number of amides is 2. The number of halogens is 7. The van der Waals surface area contributed by atoms with E-state index in [4.69, 9.17) is 9.47 Å². The van der Waals surface area contributed by atoms with Gasteiger partial charge in [-0.2, -0.15) is 26.3 Å². The lowest BCUT2D eigenvalue weighted by Gasteiger charge is -2.32. The number of alkyl halides is 6. The molecule has 0 radical (unpaired) electrons. The minimum atomic E-state index is -5.13. The Kier molecular flexibility index (Phi) is 11.9. The number of hydrogen-bond acceptors (Lipinski definition) is 6. The molecule has 2 aromatic carbocycles. The number of aromatic nitrogens is 1. The summed E-state index contributed by atoms with van der Waals surface area (Å²) < 4.78 is 106. The quantitative estimate of drug-likeness (QED) is 0.151. The minimum Gasteiger partial charge on any atom is -0.467 e. The van der Waals surface area contributed by atoms with Crippen LogP contribution in [0.3, 0.4) is 0 Å². The van der Waals surface area contributed by atoms with Crippen molar-refractivity contribution in [2.24, 2.45) is 0 Å². The predicted molar refractivity (Wildman–Crippen MR) is 174 cm³/mol. The number of likely N-dealkylation sites (N-methyl/N-ethyl adjacent to an activating group) is 1. The van der Waals surface area contributed by atoms with Crippen molar-refractivity contribution in [2.75, 3.05) is 19.1 Å². The van der Waals surface area contributed by atoms with E-state index in [0.29, 0.717) is 23.3 Å². The van der Waals surface area contributed by atoms with E-state index in [9.17, 15) is 45.1 Å². The lowest BCUT2D eigenvalue weighted by atomic mass is 9.81. The number of nitrogens with zero attached hydrogens (tertiary/aromatic N) is 2. The van der Waals surface area contributed by atoms with Gasteiger partial charge in [0, 0.05) is 19.0 Å². The molecule has 1 N–H and O–H groups in total. The largest absolute Gasteiger partial charge is 0.467 e. The fourth-order valence-electron chi connectivity index (χ4n) is 4.93. The molecular formula is C36H36F7N3O5. The molecule has 15 heteroatoms. The first-order chi connectivity index (χ1) is 23.3. The molecule has 1 aromatic heterocycles. The monoisotopic (exact) mass is 723 g/mol. The standard InChI is InChI=1S/C36H36F7N3O5/c1-20-14-24(37)12-13-26(20)27-18-25(10-9-11-28(30(47)50-8)45-32(49)51-33(2,3)4)44-19-29(27)46(7)31(48)34(5,6)21-15-22(35(38,39)40)17-23(16-21)36(41,42)43/h12-19,28H,11H2,1-8H3,(H,45,49)/t28-/m1/s1. The summed E-state index contributed by atoms with van der Waals surface area (Å²) in [6.07, 6.45) is -10.1. The molecule has 0 aliphatic rings. The third kappa shape index (κ3) is 10.2. The Bertz CT molecular complexity index is 1840. The highest BCUT2D eigenvalue weighted by atomic mass is 19.4. The number of nitrogens with one attached hydrogen (secondary N) is 1. The number of carbonyl (C=O) groups is 3. The van der Waals surface area contributed by atoms with Crippen LogP contribution in [0.4, 0.5) is 41.2 Å². The Balaban J connectivity index is 2.09. The number of esters is 1. The zero-order valence-corrected chi connectivity index (χ0v) is 29.0. The Morgan fingerprint density at radius 2 is 1.45 bits per heavy atom. The van der Waals surface area contributed by atoms with Crippen LogP contribution >= 0.6 is 0 Å². The molecule has 274 valence electrons. The van der Waals surface area contributed by atoms with Crippen molar-refractivity contribution >= 4 is 23.7 Å². The van der Waals surface area contributed by atoms with E-state index in [1.165, 1.54) is 45.3 Å². The van der Waals surface area contributed by atoms with Crippen molar-refractivity contribution < 1.29 is 54.6 Å². The van der Waals surface area contributed by atoms with Crippen molar-refractivity contribution in [3.05, 3.63) is 82.4 Å². The number of anilines is 1. The molecule has 0 unspecified atom stereocenters. The topological polar surface area (TPSA) is 97.8 Å². The lowest BCUT2D eigenvalue weighted by Crippen LogP contribution is -2.43. The second kappa shape index (κ2) is 15.0. The molecule has 0 saturated heterocycles. The fourth-order valence-corrected chi connectivity index (χ4v) is 4.93. The van der Waals surface area contributed by atoms with Gasteiger partial charge in [0.25, 0.3) is 0 Å². The maximum absolute atomic E-state index is 14.1. The van der Waals surface area contributed by atoms with Gasteiger partial charge in [-0.15, -0.1) is 0 Å². The number of pyridine rings is 1. The Morgan fingerprint density at radius 3 is 1.96 bits per heavy atom. The van der Waals surface area contributed by atoms with Crippen molar-refractivity contribution in [3.8, 4) is 23.0 Å². The molecule has 0 saturated carbocycles. The van der Waals surface area contributed by atoms with Gasteiger partial charge in [-0.25, -0.2) is 19.0 Å². The van der Waals surface area contributed by atoms with Crippen LogP contribution in [-0.4, -0.2) is 48.8 Å². The molecule has 1 heterocycles. The first-order valence-electron chi connectivity index (χ1n) is 15.3. The van der Waals surface area contributed by atoms with Gasteiger partial charge in [-0.1, -0.05) is 12.0 Å². The predicted octanol–water partition coefficient (Wildman–Crippen LogP) is 7.98. The summed E-state index contributed by atoms with van der Waals surface area (Å²) in [4.78, 5) is 43.8. The average molecular weight is 724 g/mol. The maximum Gasteiger partial charge on any atom is 0.416 e. The van der Waals surface area contributed by atoms with E-state index in [1.807, 2.05) is 0 Å². The van der Waals surface area contributed by atoms with Crippen molar-refractivity contribution in [2.45, 2.75) is 77.4 Å². The van der Waals surface area contributed by atoms with E-state index in [0.717, 1.165) is 18.1 Å². The van der Waals surface area contributed by atoms with Gasteiger partial charge in [-0.05, 0) is 101 Å². The number of methoxy groups -OCH3 is 1. The first-order valence-corrected chi connectivity index (χ1v) is 15.3. The normalized spacial score (nSPS) is 12.7. The summed E-state index contributed by atoms with van der Waals surface area (Å²) in [5.41, 5.74) is -5.16. The van der Waals surface area contributed by atoms with E-state index < -0.39 is 69.9 Å². The van der Waals surface area contributed by atoms with E-state index in [-0.39, 0.29) is 29.4 Å². The molecule has 8 nitrogen and oxygen atoms in total. The fraction of sp³-hybridized carbons (Fsp3) is 0.389. The SMILES string of the molecule is COC(=O)[C@@H](CC#Cc1cc(-c2ccc(F)cc2C)c(N(C)C(=O)C(C)(C)c2cc(C(F)(F)F)cc(C(F)(F)F)c2)cn1)NC(=O)OC(C)(C)C. The van der Waals surface area contributed by atoms with Crippen LogP contribution in [0.1, 0.15) is 69.0 Å². The van der Waals surface area contributed by atoms with Crippen LogP contribution < -0.4 is 10.2 Å². The van der Waals surface area contributed by atoms with Gasteiger partial charge in [-0.3, -0.25) is 4.79 Å². The number of ether oxygens (including phenoxy) is 2. The summed E-state index contributed by atoms with van der Waals surface area (Å²) in [7, 11) is 2.40. The molecule has 0 aliphatic carbocycles. The average Bonchev–Trinajstić information content (AvgIpc) is 3.01. The summed E-state index contributed by atoms with van der Waals surface area (Å²) in [6, 6.07) is 5.02. The van der Waals surface area contributed by atoms with Crippen molar-refractivity contribution in [1.29, 1.82) is 0 Å². The minimum absolute atomic E-state index is 0.0200. The summed E-state index contributed by atoms with van der Waals surface area (Å²) in [5.74, 6) is 3.24. The third-order valence-electron chi connectivity index (χ3n) is 7.57. The third-order valence-corrected chi connectivity index (χ3v) is 7.57. The molecule has 0 spiro atoms. The molecule has 51 heavy (non-hydrogen) atoms. The van der Waals surface area contributed by atoms with Gasteiger partial charge in [0.1, 0.15) is 23.2 Å². The second-order valence-corrected chi connectivity index (χ2v) is 13.1. The molecule has 3 aromatic rings. The Morgan fingerprint density at radius 1 is 0.882 bits per heavy atom.